The van der Waals surface area contributed by atoms with E-state index >= 15 is 0 Å². The molecule has 0 radical (unpaired) electrons. The molecule has 21 heavy (non-hydrogen) atoms. The van der Waals surface area contributed by atoms with E-state index in [-0.39, 0.29) is 11.7 Å². The van der Waals surface area contributed by atoms with Crippen LogP contribution < -0.4 is 0 Å². The zero-order valence-corrected chi connectivity index (χ0v) is 12.2. The van der Waals surface area contributed by atoms with E-state index in [2.05, 4.69) is 4.98 Å². The minimum Gasteiger partial charge on any atom is -0.339 e. The van der Waals surface area contributed by atoms with Crippen LogP contribution >= 0.6 is 0 Å². The number of hydrogen-bond acceptors (Lipinski definition) is 2. The van der Waals surface area contributed by atoms with E-state index in [0.29, 0.717) is 17.8 Å². The molecule has 1 aliphatic heterocycles. The molecule has 1 amide bonds. The summed E-state index contributed by atoms with van der Waals surface area (Å²) in [5.41, 5.74) is 4.03. The zero-order chi connectivity index (χ0) is 15.0. The van der Waals surface area contributed by atoms with Crippen molar-refractivity contribution in [1.82, 2.24) is 9.88 Å². The van der Waals surface area contributed by atoms with E-state index in [1.54, 1.807) is 12.1 Å². The highest BCUT2D eigenvalue weighted by Gasteiger charge is 2.27. The van der Waals surface area contributed by atoms with Gasteiger partial charge in [-0.3, -0.25) is 9.78 Å². The summed E-state index contributed by atoms with van der Waals surface area (Å²) in [4.78, 5) is 19.0. The van der Waals surface area contributed by atoms with Gasteiger partial charge < -0.3 is 4.90 Å². The van der Waals surface area contributed by atoms with Gasteiger partial charge in [-0.05, 0) is 56.2 Å². The Hall–Kier alpha value is -2.23. The Morgan fingerprint density at radius 1 is 1.29 bits per heavy atom. The van der Waals surface area contributed by atoms with Crippen molar-refractivity contribution in [2.45, 2.75) is 20.3 Å². The molecule has 0 aliphatic carbocycles. The number of nitrogens with zero attached hydrogens (tertiary/aromatic N) is 2. The highest BCUT2D eigenvalue weighted by molar-refractivity contribution is 6.02. The molecule has 1 aliphatic rings. The molecule has 1 aromatic carbocycles. The Kier molecular flexibility index (Phi) is 3.45. The fourth-order valence-electron chi connectivity index (χ4n) is 2.81. The molecule has 108 valence electrons. The smallest absolute Gasteiger partial charge is 0.256 e. The lowest BCUT2D eigenvalue weighted by molar-refractivity contribution is 0.0749. The first-order chi connectivity index (χ1) is 10.1. The molecule has 2 aromatic rings. The molecule has 0 spiro atoms. The number of pyridine rings is 1. The van der Waals surface area contributed by atoms with Crippen LogP contribution in [0.5, 0.6) is 0 Å². The lowest BCUT2D eigenvalue weighted by Crippen LogP contribution is -2.38. The SMILES string of the molecule is CCN1CCc2cc(C)nc(-c3ccc(F)cc3)c2C1=O. The first kappa shape index (κ1) is 13.7. The number of likely N-dealkylation sites (N-methyl/N-ethyl adjacent to an activating group) is 1. The van der Waals surface area contributed by atoms with Crippen LogP contribution in [-0.4, -0.2) is 28.9 Å². The fraction of sp³-hybridized carbons (Fsp3) is 0.294. The van der Waals surface area contributed by atoms with E-state index < -0.39 is 0 Å². The number of amides is 1. The maximum absolute atomic E-state index is 13.1. The average Bonchev–Trinajstić information content (AvgIpc) is 2.47. The van der Waals surface area contributed by atoms with E-state index in [1.165, 1.54) is 12.1 Å². The molecule has 0 bridgehead atoms. The molecule has 0 atom stereocenters. The number of fused-ring (bicyclic) bond motifs is 1. The fourth-order valence-corrected chi connectivity index (χ4v) is 2.81. The predicted octanol–water partition coefficient (Wildman–Crippen LogP) is 3.21. The van der Waals surface area contributed by atoms with Gasteiger partial charge >= 0.3 is 0 Å². The van der Waals surface area contributed by atoms with Gasteiger partial charge in [0.15, 0.2) is 0 Å². The van der Waals surface area contributed by atoms with Crippen LogP contribution in [0.3, 0.4) is 0 Å². The van der Waals surface area contributed by atoms with Gasteiger partial charge in [-0.2, -0.15) is 0 Å². The molecule has 4 heteroatoms. The first-order valence-corrected chi connectivity index (χ1v) is 7.16. The molecule has 0 saturated carbocycles. The quantitative estimate of drug-likeness (QED) is 0.848. The topological polar surface area (TPSA) is 33.2 Å². The minimum absolute atomic E-state index is 0.0191. The number of aromatic nitrogens is 1. The number of carbonyl (C=O) groups is 1. The summed E-state index contributed by atoms with van der Waals surface area (Å²) in [6.45, 7) is 5.33. The van der Waals surface area contributed by atoms with E-state index in [0.717, 1.165) is 29.8 Å². The van der Waals surface area contributed by atoms with E-state index in [1.807, 2.05) is 24.8 Å². The van der Waals surface area contributed by atoms with Crippen molar-refractivity contribution < 1.29 is 9.18 Å². The zero-order valence-electron chi connectivity index (χ0n) is 12.2. The Morgan fingerprint density at radius 3 is 2.67 bits per heavy atom. The summed E-state index contributed by atoms with van der Waals surface area (Å²) >= 11 is 0. The van der Waals surface area contributed by atoms with Crippen LogP contribution in [0.15, 0.2) is 30.3 Å². The van der Waals surface area contributed by atoms with Crippen molar-refractivity contribution in [3.63, 3.8) is 0 Å². The van der Waals surface area contributed by atoms with Crippen molar-refractivity contribution in [3.05, 3.63) is 53.0 Å². The van der Waals surface area contributed by atoms with Crippen LogP contribution in [0.25, 0.3) is 11.3 Å². The van der Waals surface area contributed by atoms with Crippen LogP contribution in [0, 0.1) is 12.7 Å². The third-order valence-electron chi connectivity index (χ3n) is 3.88. The average molecular weight is 284 g/mol. The Morgan fingerprint density at radius 2 is 2.00 bits per heavy atom. The Labute approximate surface area is 123 Å². The summed E-state index contributed by atoms with van der Waals surface area (Å²) in [7, 11) is 0. The summed E-state index contributed by atoms with van der Waals surface area (Å²) < 4.78 is 13.1. The van der Waals surface area contributed by atoms with Gasteiger partial charge in [0.05, 0.1) is 11.3 Å². The van der Waals surface area contributed by atoms with Crippen molar-refractivity contribution in [1.29, 1.82) is 0 Å². The molecule has 0 fully saturated rings. The number of halogens is 1. The normalized spacial score (nSPS) is 14.2. The van der Waals surface area contributed by atoms with Crippen molar-refractivity contribution in [3.8, 4) is 11.3 Å². The third kappa shape index (κ3) is 2.42. The maximum atomic E-state index is 13.1. The molecule has 0 N–H and O–H groups in total. The monoisotopic (exact) mass is 284 g/mol. The largest absolute Gasteiger partial charge is 0.339 e. The van der Waals surface area contributed by atoms with E-state index in [4.69, 9.17) is 0 Å². The summed E-state index contributed by atoms with van der Waals surface area (Å²) in [5, 5.41) is 0. The second-order valence-electron chi connectivity index (χ2n) is 5.29. The maximum Gasteiger partial charge on any atom is 0.256 e. The van der Waals surface area contributed by atoms with Gasteiger partial charge in [-0.25, -0.2) is 4.39 Å². The van der Waals surface area contributed by atoms with Crippen molar-refractivity contribution in [2.75, 3.05) is 13.1 Å². The van der Waals surface area contributed by atoms with Crippen LogP contribution in [0.1, 0.15) is 28.5 Å². The number of aryl methyl sites for hydroxylation is 1. The van der Waals surface area contributed by atoms with Crippen LogP contribution in [0.4, 0.5) is 4.39 Å². The molecule has 0 saturated heterocycles. The second kappa shape index (κ2) is 5.28. The van der Waals surface area contributed by atoms with Gasteiger partial charge in [0.1, 0.15) is 5.82 Å². The molecule has 3 rings (SSSR count). The van der Waals surface area contributed by atoms with E-state index in [9.17, 15) is 9.18 Å². The Balaban J connectivity index is 2.19. The predicted molar refractivity (Wildman–Crippen MR) is 79.6 cm³/mol. The first-order valence-electron chi connectivity index (χ1n) is 7.16. The number of carbonyl (C=O) groups excluding carboxylic acids is 1. The van der Waals surface area contributed by atoms with Gasteiger partial charge in [-0.1, -0.05) is 0 Å². The van der Waals surface area contributed by atoms with Crippen LogP contribution in [-0.2, 0) is 6.42 Å². The highest BCUT2D eigenvalue weighted by atomic mass is 19.1. The lowest BCUT2D eigenvalue weighted by atomic mass is 9.94. The number of benzene rings is 1. The van der Waals surface area contributed by atoms with Crippen molar-refractivity contribution >= 4 is 5.91 Å². The van der Waals surface area contributed by atoms with Gasteiger partial charge in [-0.15, -0.1) is 0 Å². The van der Waals surface area contributed by atoms with Gasteiger partial charge in [0.2, 0.25) is 0 Å². The Bertz CT molecular complexity index is 695. The van der Waals surface area contributed by atoms with Crippen molar-refractivity contribution in [2.24, 2.45) is 0 Å². The standard InChI is InChI=1S/C17H17FN2O/c1-3-20-9-8-13-10-11(2)19-16(15(13)17(20)21)12-4-6-14(18)7-5-12/h4-7,10H,3,8-9H2,1-2H3. The molecule has 3 nitrogen and oxygen atoms in total. The third-order valence-corrected chi connectivity index (χ3v) is 3.88. The molecular weight excluding hydrogens is 267 g/mol. The highest BCUT2D eigenvalue weighted by Crippen LogP contribution is 2.29. The lowest BCUT2D eigenvalue weighted by Gasteiger charge is -2.29. The molecule has 2 heterocycles. The summed E-state index contributed by atoms with van der Waals surface area (Å²) in [6, 6.07) is 8.13. The minimum atomic E-state index is -0.290. The van der Waals surface area contributed by atoms with Gasteiger partial charge in [0, 0.05) is 24.3 Å². The molecular formula is C17H17FN2O. The van der Waals surface area contributed by atoms with Crippen LogP contribution in [0.2, 0.25) is 0 Å². The number of hydrogen-bond donors (Lipinski definition) is 0. The number of rotatable bonds is 2. The molecule has 0 unspecified atom stereocenters. The summed E-state index contributed by atoms with van der Waals surface area (Å²) in [6.07, 6.45) is 0.840. The second-order valence-corrected chi connectivity index (χ2v) is 5.29. The molecule has 1 aromatic heterocycles. The van der Waals surface area contributed by atoms with Gasteiger partial charge in [0.25, 0.3) is 5.91 Å². The summed E-state index contributed by atoms with van der Waals surface area (Å²) in [5.74, 6) is -0.271.